The Hall–Kier alpha value is -3.52. The highest BCUT2D eigenvalue weighted by Gasteiger charge is 2.52. The lowest BCUT2D eigenvalue weighted by atomic mass is 9.82. The Morgan fingerprint density at radius 1 is 0.676 bits per heavy atom. The molecule has 0 radical (unpaired) electrons. The largest absolute Gasteiger partial charge is 0.469 e. The molecule has 0 aliphatic carbocycles. The molecule has 3 aliphatic rings. The van der Waals surface area contributed by atoms with E-state index >= 15 is 0 Å². The predicted octanol–water partition coefficient (Wildman–Crippen LogP) is 0.841. The summed E-state index contributed by atoms with van der Waals surface area (Å²) in [6.07, 6.45) is 5.90. The quantitative estimate of drug-likeness (QED) is 0.135. The van der Waals surface area contributed by atoms with Crippen molar-refractivity contribution in [3.63, 3.8) is 0 Å². The average Bonchev–Trinajstić information content (AvgIpc) is 3.33. The van der Waals surface area contributed by atoms with E-state index in [1.54, 1.807) is 63.3 Å². The van der Waals surface area contributed by atoms with E-state index in [2.05, 4.69) is 0 Å². The van der Waals surface area contributed by atoms with Gasteiger partial charge in [0.25, 0.3) is 0 Å². The molecule has 3 heterocycles. The van der Waals surface area contributed by atoms with Crippen LogP contribution >= 0.6 is 0 Å². The van der Waals surface area contributed by atoms with Crippen molar-refractivity contribution in [2.75, 3.05) is 33.3 Å². The van der Waals surface area contributed by atoms with Crippen LogP contribution in [0.5, 0.6) is 0 Å². The van der Waals surface area contributed by atoms with Gasteiger partial charge in [0.15, 0.2) is 12.1 Å². The van der Waals surface area contributed by atoms with Gasteiger partial charge in [-0.05, 0) is 72.1 Å². The number of nitrogens with zero attached hydrogens (tertiary/aromatic N) is 1. The lowest BCUT2D eigenvalue weighted by Crippen LogP contribution is -2.64. The zero-order valence-electron chi connectivity index (χ0n) is 43.8. The molecule has 0 saturated carbocycles. The van der Waals surface area contributed by atoms with Gasteiger partial charge in [-0.2, -0.15) is 0 Å². The standard InChI is InChI=1S/C54H89N3O17/c1-34-20-16-14-12-10-8-6-7-9-11-13-15-17-21-41(73-53-51(67)48(50(66)37(4)72-53)57(26-18-24-55)27-19-25-56)31-45-47(52(68)70-5)44(63)33-54(69,74-45)32-40(60)29-43(62)42(61)23-22-38(58)28-39(59)30-46(64)71-36(3)35(2)49(34)65/h6-17,20-21,34-45,47-51,53,58-63,65-67,69H,18-19,22-33,55-56H2,1-5H3/t34-,35-,36-,37+,38+,39+,40-,41-,42+,43+,44-,45?,47+,48-,49+,50+,51-,53-,54+/m0/s1. The van der Waals surface area contributed by atoms with Crippen LogP contribution in [0, 0.1) is 17.8 Å². The Morgan fingerprint density at radius 2 is 1.24 bits per heavy atom. The van der Waals surface area contributed by atoms with Gasteiger partial charge in [-0.1, -0.05) is 98.9 Å². The van der Waals surface area contributed by atoms with Crippen molar-refractivity contribution in [3.8, 4) is 0 Å². The Balaban J connectivity index is 1.96. The van der Waals surface area contributed by atoms with Crippen LogP contribution in [0.3, 0.4) is 0 Å². The molecule has 0 amide bonds. The summed E-state index contributed by atoms with van der Waals surface area (Å²) in [5.41, 5.74) is 11.7. The predicted molar refractivity (Wildman–Crippen MR) is 276 cm³/mol. The Bertz CT molecular complexity index is 1840. The number of hydrogen-bond donors (Lipinski definition) is 12. The lowest BCUT2D eigenvalue weighted by molar-refractivity contribution is -0.312. The van der Waals surface area contributed by atoms with Gasteiger partial charge >= 0.3 is 11.9 Å². The molecule has 422 valence electrons. The molecular weight excluding hydrogens is 963 g/mol. The monoisotopic (exact) mass is 1050 g/mol. The average molecular weight is 1050 g/mol. The molecule has 0 spiro atoms. The number of aliphatic hydroxyl groups excluding tert-OH is 9. The fourth-order valence-electron chi connectivity index (χ4n) is 9.47. The highest BCUT2D eigenvalue weighted by molar-refractivity contribution is 5.74. The second kappa shape index (κ2) is 33.6. The molecule has 3 aliphatic heterocycles. The molecule has 0 aromatic rings. The van der Waals surface area contributed by atoms with Crippen LogP contribution in [0.4, 0.5) is 0 Å². The van der Waals surface area contributed by atoms with Gasteiger partial charge in [-0.3, -0.25) is 14.5 Å². The van der Waals surface area contributed by atoms with Crippen LogP contribution < -0.4 is 11.5 Å². The first kappa shape index (κ1) is 64.8. The van der Waals surface area contributed by atoms with E-state index in [4.69, 9.17) is 35.2 Å². The number of aliphatic hydroxyl groups is 10. The number of carbonyl (C=O) groups excluding carboxylic acids is 2. The number of methoxy groups -OCH3 is 1. The van der Waals surface area contributed by atoms with Crippen molar-refractivity contribution in [3.05, 3.63) is 85.1 Å². The summed E-state index contributed by atoms with van der Waals surface area (Å²) in [6, 6.07) is -0.848. The number of fused-ring (bicyclic) bond motifs is 2. The summed E-state index contributed by atoms with van der Waals surface area (Å²) in [4.78, 5) is 27.9. The van der Waals surface area contributed by atoms with E-state index in [1.807, 2.05) is 54.4 Å². The molecule has 19 atom stereocenters. The molecule has 14 N–H and O–H groups in total. The number of allylic oxidation sites excluding steroid dienone is 12. The highest BCUT2D eigenvalue weighted by atomic mass is 16.7. The molecular formula is C54H89N3O17. The second-order valence-corrected chi connectivity index (χ2v) is 20.0. The van der Waals surface area contributed by atoms with Crippen LogP contribution in [-0.2, 0) is 33.3 Å². The van der Waals surface area contributed by atoms with Crippen LogP contribution in [0.2, 0.25) is 0 Å². The summed E-state index contributed by atoms with van der Waals surface area (Å²) in [5.74, 6) is -5.98. The third kappa shape index (κ3) is 21.8. The number of rotatable bonds is 10. The smallest absolute Gasteiger partial charge is 0.313 e. The molecule has 2 saturated heterocycles. The van der Waals surface area contributed by atoms with Crippen LogP contribution in [0.25, 0.3) is 0 Å². The fraction of sp³-hybridized carbons (Fsp3) is 0.704. The molecule has 3 rings (SSSR count). The van der Waals surface area contributed by atoms with E-state index < -0.39 is 147 Å². The molecule has 2 fully saturated rings. The van der Waals surface area contributed by atoms with Crippen molar-refractivity contribution in [1.29, 1.82) is 0 Å². The molecule has 0 aromatic carbocycles. The van der Waals surface area contributed by atoms with Gasteiger partial charge in [0, 0.05) is 37.5 Å². The van der Waals surface area contributed by atoms with Crippen LogP contribution in [0.1, 0.15) is 91.9 Å². The van der Waals surface area contributed by atoms with Crippen LogP contribution in [-0.4, -0.2) is 199 Å². The van der Waals surface area contributed by atoms with Crippen molar-refractivity contribution >= 4 is 11.9 Å². The molecule has 2 bridgehead atoms. The maximum Gasteiger partial charge on any atom is 0.313 e. The fourth-order valence-corrected chi connectivity index (χ4v) is 9.47. The third-order valence-corrected chi connectivity index (χ3v) is 13.8. The SMILES string of the molecule is COC(=O)[C@H]1C2C[C@@H](O[C@@H]3O[C@H](C)[C@@H](O)[C@H](N(CCCN)CCCN)[C@@H]3O)C=CC=CC=CC=CC=CC=CC=C[C@H](C)[C@@H](O)[C@@H](C)[C@H](C)OC(=O)C[C@H](O)C[C@H](O)CC[C@@H](O)[C@H](O)C[C@H](O)C[C@](O)(C[C@@H]1O)O2. The summed E-state index contributed by atoms with van der Waals surface area (Å²) in [7, 11) is 1.13. The number of cyclic esters (lactones) is 1. The molecule has 74 heavy (non-hydrogen) atoms. The van der Waals surface area contributed by atoms with E-state index in [9.17, 15) is 60.7 Å². The van der Waals surface area contributed by atoms with Crippen molar-refractivity contribution in [2.24, 2.45) is 29.2 Å². The Morgan fingerprint density at radius 3 is 1.81 bits per heavy atom. The zero-order valence-corrected chi connectivity index (χ0v) is 43.8. The first-order valence-electron chi connectivity index (χ1n) is 26.1. The van der Waals surface area contributed by atoms with Crippen molar-refractivity contribution in [2.45, 2.75) is 189 Å². The molecule has 20 heteroatoms. The molecule has 0 aromatic heterocycles. The van der Waals surface area contributed by atoms with Gasteiger partial charge in [-0.25, -0.2) is 0 Å². The van der Waals surface area contributed by atoms with E-state index in [0.29, 0.717) is 39.0 Å². The maximum absolute atomic E-state index is 13.3. The first-order chi connectivity index (χ1) is 35.1. The first-order valence-corrected chi connectivity index (χ1v) is 26.1. The van der Waals surface area contributed by atoms with Crippen LogP contribution in [0.15, 0.2) is 85.1 Å². The summed E-state index contributed by atoms with van der Waals surface area (Å²) in [6.45, 7) is 8.52. The normalized spacial score (nSPS) is 38.4. The van der Waals surface area contributed by atoms with Crippen molar-refractivity contribution < 1.29 is 84.3 Å². The van der Waals surface area contributed by atoms with E-state index in [1.165, 1.54) is 0 Å². The Labute approximate surface area is 437 Å². The van der Waals surface area contributed by atoms with Crippen molar-refractivity contribution in [1.82, 2.24) is 4.90 Å². The number of hydrogen-bond acceptors (Lipinski definition) is 20. The van der Waals surface area contributed by atoms with Gasteiger partial charge in [0.1, 0.15) is 18.1 Å². The molecule has 20 nitrogen and oxygen atoms in total. The summed E-state index contributed by atoms with van der Waals surface area (Å²) >= 11 is 0. The van der Waals surface area contributed by atoms with Gasteiger partial charge in [0.05, 0.1) is 86.7 Å². The van der Waals surface area contributed by atoms with Gasteiger partial charge in [-0.15, -0.1) is 0 Å². The lowest BCUT2D eigenvalue weighted by Gasteiger charge is -2.47. The highest BCUT2D eigenvalue weighted by Crippen LogP contribution is 2.39. The minimum Gasteiger partial charge on any atom is -0.469 e. The molecule has 1 unspecified atom stereocenters. The number of ether oxygens (including phenoxy) is 5. The summed E-state index contributed by atoms with van der Waals surface area (Å²) < 4.78 is 29.3. The zero-order chi connectivity index (χ0) is 55.0. The number of carbonyl (C=O) groups is 2. The minimum absolute atomic E-state index is 0.0993. The maximum atomic E-state index is 13.3. The third-order valence-electron chi connectivity index (χ3n) is 13.8. The van der Waals surface area contributed by atoms with E-state index in [-0.39, 0.29) is 31.6 Å². The topological polar surface area (TPSA) is 338 Å². The van der Waals surface area contributed by atoms with Gasteiger partial charge in [0.2, 0.25) is 0 Å². The second-order valence-electron chi connectivity index (χ2n) is 20.0. The summed E-state index contributed by atoms with van der Waals surface area (Å²) in [5, 5.41) is 112. The van der Waals surface area contributed by atoms with E-state index in [0.717, 1.165) is 7.11 Å². The minimum atomic E-state index is -2.29. The number of esters is 2. The Kier molecular flexibility index (Phi) is 29.4. The van der Waals surface area contributed by atoms with Gasteiger partial charge < -0.3 is 86.2 Å². The number of nitrogens with two attached hydrogens (primary N) is 2.